The maximum Gasteiger partial charge on any atom is 0.255 e. The monoisotopic (exact) mass is 499 g/mol. The Kier molecular flexibility index (Phi) is 8.81. The van der Waals surface area contributed by atoms with Crippen molar-refractivity contribution in [1.82, 2.24) is 9.73 Å². The minimum atomic E-state index is -3.96. The second-order valence-electron chi connectivity index (χ2n) is 7.48. The average Bonchev–Trinajstić information content (AvgIpc) is 2.80. The summed E-state index contributed by atoms with van der Waals surface area (Å²) in [5.74, 6) is 0.0513. The van der Waals surface area contributed by atoms with Crippen LogP contribution in [0.1, 0.15) is 23.6 Å². The van der Waals surface area contributed by atoms with Gasteiger partial charge in [0.25, 0.3) is 5.91 Å². The Bertz CT molecular complexity index is 1260. The third kappa shape index (κ3) is 6.90. The van der Waals surface area contributed by atoms with Gasteiger partial charge in [0.15, 0.2) is 0 Å². The molecule has 0 bridgehead atoms. The molecule has 0 spiro atoms. The first-order valence-corrected chi connectivity index (χ1v) is 12.5. The van der Waals surface area contributed by atoms with Gasteiger partial charge in [-0.15, -0.1) is 0 Å². The van der Waals surface area contributed by atoms with E-state index in [-0.39, 0.29) is 11.4 Å². The molecule has 1 amide bonds. The van der Waals surface area contributed by atoms with Gasteiger partial charge >= 0.3 is 0 Å². The zero-order valence-electron chi connectivity index (χ0n) is 18.9. The van der Waals surface area contributed by atoms with Gasteiger partial charge in [-0.3, -0.25) is 4.79 Å². The Balaban J connectivity index is 1.79. The molecule has 0 aliphatic carbocycles. The molecular formula is C25H26ClN3O4S. The Morgan fingerprint density at radius 3 is 2.53 bits per heavy atom. The highest BCUT2D eigenvalue weighted by Gasteiger charge is 2.27. The van der Waals surface area contributed by atoms with E-state index in [0.29, 0.717) is 28.5 Å². The van der Waals surface area contributed by atoms with Crippen molar-refractivity contribution >= 4 is 33.7 Å². The van der Waals surface area contributed by atoms with E-state index in [4.69, 9.17) is 16.3 Å². The molecule has 3 rings (SSSR count). The largest absolute Gasteiger partial charge is 0.493 e. The lowest BCUT2D eigenvalue weighted by Crippen LogP contribution is -2.39. The lowest BCUT2D eigenvalue weighted by atomic mass is 10.2. The number of halogens is 1. The van der Waals surface area contributed by atoms with Crippen molar-refractivity contribution in [3.63, 3.8) is 0 Å². The Morgan fingerprint density at radius 2 is 1.82 bits per heavy atom. The Hall–Kier alpha value is -3.20. The third-order valence-corrected chi connectivity index (χ3v) is 6.88. The van der Waals surface area contributed by atoms with E-state index in [1.54, 1.807) is 48.5 Å². The van der Waals surface area contributed by atoms with E-state index in [1.807, 2.05) is 26.0 Å². The number of hydrazone groups is 1. The van der Waals surface area contributed by atoms with Crippen molar-refractivity contribution in [3.8, 4) is 5.75 Å². The number of carbonyl (C=O) groups excluding carboxylic acids is 1. The first-order chi connectivity index (χ1) is 16.3. The summed E-state index contributed by atoms with van der Waals surface area (Å²) in [4.78, 5) is 12.8. The van der Waals surface area contributed by atoms with Crippen LogP contribution in [0.5, 0.6) is 5.75 Å². The molecule has 34 heavy (non-hydrogen) atoms. The number of hydrogen-bond donors (Lipinski definition) is 1. The highest BCUT2D eigenvalue weighted by atomic mass is 35.5. The lowest BCUT2D eigenvalue weighted by Gasteiger charge is -2.21. The van der Waals surface area contributed by atoms with Crippen molar-refractivity contribution in [1.29, 1.82) is 0 Å². The van der Waals surface area contributed by atoms with Crippen LogP contribution in [0, 0.1) is 6.92 Å². The molecular weight excluding hydrogens is 474 g/mol. The Labute approximate surface area is 205 Å². The van der Waals surface area contributed by atoms with Crippen LogP contribution in [0.3, 0.4) is 0 Å². The van der Waals surface area contributed by atoms with E-state index in [1.165, 1.54) is 18.3 Å². The SMILES string of the molecule is CCOc1ccccc1/C=N\NC(=O)CN(Cc1cccc(Cl)c1)S(=O)(=O)c1ccc(C)cc1. The van der Waals surface area contributed by atoms with Crippen LogP contribution in [-0.4, -0.2) is 38.0 Å². The van der Waals surface area contributed by atoms with Gasteiger partial charge in [0.05, 0.1) is 24.3 Å². The number of sulfonamides is 1. The van der Waals surface area contributed by atoms with Crippen molar-refractivity contribution in [3.05, 3.63) is 94.5 Å². The molecule has 0 unspecified atom stereocenters. The van der Waals surface area contributed by atoms with Crippen LogP contribution in [0.4, 0.5) is 0 Å². The molecule has 9 heteroatoms. The zero-order valence-corrected chi connectivity index (χ0v) is 20.5. The van der Waals surface area contributed by atoms with E-state index >= 15 is 0 Å². The standard InChI is InChI=1S/C25H26ClN3O4S/c1-3-33-24-10-5-4-8-21(24)16-27-28-25(30)18-29(17-20-7-6-9-22(26)15-20)34(31,32)23-13-11-19(2)12-14-23/h4-16H,3,17-18H2,1-2H3,(H,28,30)/b27-16-. The molecule has 0 radical (unpaired) electrons. The fourth-order valence-electron chi connectivity index (χ4n) is 3.17. The molecule has 1 N–H and O–H groups in total. The van der Waals surface area contributed by atoms with Crippen molar-refractivity contribution in [2.24, 2.45) is 5.10 Å². The molecule has 0 fully saturated rings. The molecule has 7 nitrogen and oxygen atoms in total. The maximum atomic E-state index is 13.3. The van der Waals surface area contributed by atoms with Gasteiger partial charge in [-0.2, -0.15) is 9.41 Å². The summed E-state index contributed by atoms with van der Waals surface area (Å²) in [5, 5.41) is 4.46. The molecule has 0 saturated heterocycles. The van der Waals surface area contributed by atoms with Crippen molar-refractivity contribution in [2.75, 3.05) is 13.2 Å². The number of nitrogens with zero attached hydrogens (tertiary/aromatic N) is 2. The third-order valence-electron chi connectivity index (χ3n) is 4.84. The number of hydrogen-bond acceptors (Lipinski definition) is 5. The molecule has 3 aromatic rings. The highest BCUT2D eigenvalue weighted by molar-refractivity contribution is 7.89. The molecule has 0 atom stereocenters. The molecule has 0 aliphatic rings. The van der Waals surface area contributed by atoms with Crippen LogP contribution in [0.2, 0.25) is 5.02 Å². The number of rotatable bonds is 10. The number of aryl methyl sites for hydroxylation is 1. The molecule has 0 heterocycles. The van der Waals surface area contributed by atoms with Crippen LogP contribution < -0.4 is 10.2 Å². The quantitative estimate of drug-likeness (QED) is 0.331. The fraction of sp³-hybridized carbons (Fsp3) is 0.200. The fourth-order valence-corrected chi connectivity index (χ4v) is 4.76. The van der Waals surface area contributed by atoms with E-state index < -0.39 is 22.5 Å². The van der Waals surface area contributed by atoms with Gasteiger partial charge in [-0.25, -0.2) is 13.8 Å². The number of carbonyl (C=O) groups is 1. The topological polar surface area (TPSA) is 88.1 Å². The summed E-state index contributed by atoms with van der Waals surface area (Å²) in [6, 6.07) is 20.6. The normalized spacial score (nSPS) is 11.6. The number of benzene rings is 3. The molecule has 0 aromatic heterocycles. The minimum absolute atomic E-state index is 0.0267. The van der Waals surface area contributed by atoms with E-state index in [0.717, 1.165) is 9.87 Å². The molecule has 3 aromatic carbocycles. The average molecular weight is 500 g/mol. The summed E-state index contributed by atoms with van der Waals surface area (Å²) < 4.78 is 33.3. The van der Waals surface area contributed by atoms with E-state index in [2.05, 4.69) is 10.5 Å². The number of amides is 1. The maximum absolute atomic E-state index is 13.3. The van der Waals surface area contributed by atoms with Gasteiger partial charge in [0.2, 0.25) is 10.0 Å². The predicted octanol–water partition coefficient (Wildman–Crippen LogP) is 4.39. The van der Waals surface area contributed by atoms with Gasteiger partial charge in [-0.1, -0.05) is 53.6 Å². The summed E-state index contributed by atoms with van der Waals surface area (Å²) in [7, 11) is -3.96. The van der Waals surface area contributed by atoms with Gasteiger partial charge < -0.3 is 4.74 Å². The van der Waals surface area contributed by atoms with Crippen LogP contribution in [0.15, 0.2) is 82.8 Å². The van der Waals surface area contributed by atoms with Gasteiger partial charge in [0.1, 0.15) is 5.75 Å². The molecule has 178 valence electrons. The van der Waals surface area contributed by atoms with Crippen LogP contribution >= 0.6 is 11.6 Å². The molecule has 0 saturated carbocycles. The van der Waals surface area contributed by atoms with E-state index in [9.17, 15) is 13.2 Å². The minimum Gasteiger partial charge on any atom is -0.493 e. The number of ether oxygens (including phenoxy) is 1. The van der Waals surface area contributed by atoms with Gasteiger partial charge in [0, 0.05) is 17.1 Å². The van der Waals surface area contributed by atoms with Crippen LogP contribution in [0.25, 0.3) is 0 Å². The van der Waals surface area contributed by atoms with Crippen molar-refractivity contribution in [2.45, 2.75) is 25.3 Å². The van der Waals surface area contributed by atoms with Crippen LogP contribution in [-0.2, 0) is 21.4 Å². The second-order valence-corrected chi connectivity index (χ2v) is 9.85. The summed E-state index contributed by atoms with van der Waals surface area (Å²) >= 11 is 6.07. The van der Waals surface area contributed by atoms with Crippen molar-refractivity contribution < 1.29 is 17.9 Å². The first kappa shape index (κ1) is 25.4. The lowest BCUT2D eigenvalue weighted by molar-refractivity contribution is -0.121. The highest BCUT2D eigenvalue weighted by Crippen LogP contribution is 2.20. The molecule has 0 aliphatic heterocycles. The smallest absolute Gasteiger partial charge is 0.255 e. The number of para-hydroxylation sites is 1. The summed E-state index contributed by atoms with van der Waals surface area (Å²) in [6.45, 7) is 3.79. The summed E-state index contributed by atoms with van der Waals surface area (Å²) in [5.41, 5.74) is 4.68. The zero-order chi connectivity index (χ0) is 24.6. The number of nitrogens with one attached hydrogen (secondary N) is 1. The van der Waals surface area contributed by atoms with Gasteiger partial charge in [-0.05, 0) is 55.8 Å². The first-order valence-electron chi connectivity index (χ1n) is 10.6. The predicted molar refractivity (Wildman–Crippen MR) is 134 cm³/mol. The Morgan fingerprint density at radius 1 is 1.09 bits per heavy atom. The summed E-state index contributed by atoms with van der Waals surface area (Å²) in [6.07, 6.45) is 1.46. The second kappa shape index (κ2) is 11.8.